The molecule has 1 aliphatic heterocycles. The van der Waals surface area contributed by atoms with Crippen LogP contribution in [0.25, 0.3) is 6.08 Å². The van der Waals surface area contributed by atoms with Crippen LogP contribution in [0.15, 0.2) is 34.1 Å². The first-order valence-corrected chi connectivity index (χ1v) is 11.4. The van der Waals surface area contributed by atoms with Gasteiger partial charge < -0.3 is 33.3 Å². The molecule has 1 aliphatic rings. The molecule has 0 unspecified atom stereocenters. The maximum absolute atomic E-state index is 13.3. The molecule has 3 aromatic rings. The van der Waals surface area contributed by atoms with Gasteiger partial charge in [0.1, 0.15) is 13.3 Å². The number of methoxy groups -OCH3 is 6. The van der Waals surface area contributed by atoms with E-state index in [0.29, 0.717) is 57.2 Å². The Balaban J connectivity index is 1.73. The van der Waals surface area contributed by atoms with Crippen LogP contribution in [0.3, 0.4) is 0 Å². The lowest BCUT2D eigenvalue weighted by Gasteiger charge is -2.27. The Morgan fingerprint density at radius 1 is 0.800 bits per heavy atom. The minimum atomic E-state index is -0.139. The van der Waals surface area contributed by atoms with Crippen LogP contribution in [0.4, 0.5) is 5.69 Å². The van der Waals surface area contributed by atoms with Crippen LogP contribution in [0.5, 0.6) is 34.5 Å². The van der Waals surface area contributed by atoms with Crippen LogP contribution in [0.2, 0.25) is 0 Å². The number of nitrogens with zero attached hydrogens (tertiary/aromatic N) is 3. The lowest BCUT2D eigenvalue weighted by molar-refractivity contribution is 0.324. The summed E-state index contributed by atoms with van der Waals surface area (Å²) in [5, 5.41) is 0. The molecule has 0 amide bonds. The van der Waals surface area contributed by atoms with Crippen LogP contribution in [-0.2, 0) is 6.67 Å². The summed E-state index contributed by atoms with van der Waals surface area (Å²) in [6, 6.07) is 7.26. The van der Waals surface area contributed by atoms with E-state index in [1.807, 2.05) is 17.0 Å². The summed E-state index contributed by atoms with van der Waals surface area (Å²) in [5.41, 5.74) is 1.40. The van der Waals surface area contributed by atoms with Gasteiger partial charge in [0.25, 0.3) is 5.56 Å². The third kappa shape index (κ3) is 4.46. The van der Waals surface area contributed by atoms with Crippen molar-refractivity contribution in [3.05, 3.63) is 49.5 Å². The number of benzene rings is 2. The zero-order valence-electron chi connectivity index (χ0n) is 20.4. The first kappa shape index (κ1) is 24.3. The first-order valence-electron chi connectivity index (χ1n) is 10.6. The second-order valence-electron chi connectivity index (χ2n) is 7.45. The lowest BCUT2D eigenvalue weighted by Crippen LogP contribution is -2.42. The van der Waals surface area contributed by atoms with Crippen molar-refractivity contribution >= 4 is 23.1 Å². The maximum atomic E-state index is 13.3. The molecule has 0 saturated carbocycles. The van der Waals surface area contributed by atoms with Crippen LogP contribution < -0.4 is 48.2 Å². The summed E-state index contributed by atoms with van der Waals surface area (Å²) in [6.07, 6.45) is 1.79. The average Bonchev–Trinajstić information content (AvgIpc) is 3.20. The van der Waals surface area contributed by atoms with Gasteiger partial charge in [0.15, 0.2) is 27.8 Å². The molecule has 186 valence electrons. The smallest absolute Gasteiger partial charge is 0.271 e. The Bertz CT molecular complexity index is 1360. The maximum Gasteiger partial charge on any atom is 0.271 e. The van der Waals surface area contributed by atoms with Gasteiger partial charge in [-0.05, 0) is 23.8 Å². The van der Waals surface area contributed by atoms with Gasteiger partial charge in [-0.1, -0.05) is 11.3 Å². The molecular formula is C24H27N3O7S. The Morgan fingerprint density at radius 3 is 1.80 bits per heavy atom. The highest BCUT2D eigenvalue weighted by atomic mass is 32.1. The second kappa shape index (κ2) is 10.2. The third-order valence-corrected chi connectivity index (χ3v) is 6.62. The Labute approximate surface area is 206 Å². The molecule has 10 nitrogen and oxygen atoms in total. The molecule has 0 radical (unpaired) electrons. The van der Waals surface area contributed by atoms with E-state index in [-0.39, 0.29) is 5.56 Å². The van der Waals surface area contributed by atoms with Crippen molar-refractivity contribution < 1.29 is 28.4 Å². The molecule has 0 saturated heterocycles. The van der Waals surface area contributed by atoms with Crippen molar-refractivity contribution in [3.63, 3.8) is 0 Å². The minimum absolute atomic E-state index is 0.139. The zero-order valence-corrected chi connectivity index (χ0v) is 21.2. The Kier molecular flexibility index (Phi) is 7.06. The molecule has 0 spiro atoms. The SMILES string of the molecule is COc1cc(/C=c2\sc3n(c2=O)CN(c2cc(OC)c(OC)c(OC)c2)CN=3)cc(OC)c1OC. The van der Waals surface area contributed by atoms with Gasteiger partial charge in [-0.3, -0.25) is 9.36 Å². The number of hydrogen-bond acceptors (Lipinski definition) is 10. The fourth-order valence-electron chi connectivity index (χ4n) is 3.86. The molecule has 0 atom stereocenters. The predicted molar refractivity (Wildman–Crippen MR) is 132 cm³/mol. The van der Waals surface area contributed by atoms with E-state index in [4.69, 9.17) is 28.4 Å². The molecule has 35 heavy (non-hydrogen) atoms. The van der Waals surface area contributed by atoms with Crippen molar-refractivity contribution in [3.8, 4) is 34.5 Å². The van der Waals surface area contributed by atoms with Crippen molar-refractivity contribution in [1.82, 2.24) is 4.57 Å². The summed E-state index contributed by atoms with van der Waals surface area (Å²) in [4.78, 5) is 20.5. The number of rotatable bonds is 8. The van der Waals surface area contributed by atoms with Gasteiger partial charge >= 0.3 is 0 Å². The standard InChI is InChI=1S/C24H27N3O7S/c1-29-16-7-14(8-17(30-2)21(16)33-5)9-20-23(28)27-13-26(12-25-24(27)35-20)15-10-18(31-3)22(34-6)19(11-15)32-4/h7-11H,12-13H2,1-6H3/b20-9-. The normalized spacial score (nSPS) is 13.1. The van der Waals surface area contributed by atoms with Crippen molar-refractivity contribution in [1.29, 1.82) is 0 Å². The number of thiazole rings is 1. The monoisotopic (exact) mass is 501 g/mol. The Morgan fingerprint density at radius 2 is 1.31 bits per heavy atom. The number of fused-ring (bicyclic) bond motifs is 1. The van der Waals surface area contributed by atoms with Crippen LogP contribution in [0.1, 0.15) is 5.56 Å². The summed E-state index contributed by atoms with van der Waals surface area (Å²) in [5.74, 6) is 3.08. The quantitative estimate of drug-likeness (QED) is 0.462. The van der Waals surface area contributed by atoms with E-state index in [0.717, 1.165) is 11.3 Å². The molecule has 2 heterocycles. The van der Waals surface area contributed by atoms with Crippen LogP contribution >= 0.6 is 11.3 Å². The molecule has 11 heteroatoms. The molecule has 1 aromatic heterocycles. The van der Waals surface area contributed by atoms with Crippen LogP contribution in [0, 0.1) is 0 Å². The summed E-state index contributed by atoms with van der Waals surface area (Å²) < 4.78 is 34.8. The molecule has 0 N–H and O–H groups in total. The summed E-state index contributed by atoms with van der Waals surface area (Å²) >= 11 is 1.33. The molecule has 0 aliphatic carbocycles. The third-order valence-electron chi connectivity index (χ3n) is 5.58. The van der Waals surface area contributed by atoms with E-state index in [9.17, 15) is 4.79 Å². The highest BCUT2D eigenvalue weighted by Gasteiger charge is 2.21. The number of anilines is 1. The molecule has 0 bridgehead atoms. The fourth-order valence-corrected chi connectivity index (χ4v) is 4.82. The first-order chi connectivity index (χ1) is 17.0. The van der Waals surface area contributed by atoms with E-state index < -0.39 is 0 Å². The Hall–Kier alpha value is -3.86. The average molecular weight is 502 g/mol. The highest BCUT2D eigenvalue weighted by Crippen LogP contribution is 2.41. The molecule has 2 aromatic carbocycles. The zero-order chi connectivity index (χ0) is 25.1. The molecular weight excluding hydrogens is 474 g/mol. The van der Waals surface area contributed by atoms with Gasteiger partial charge in [0, 0.05) is 17.8 Å². The molecule has 4 rings (SSSR count). The van der Waals surface area contributed by atoms with Gasteiger partial charge in [0.05, 0.1) is 47.2 Å². The van der Waals surface area contributed by atoms with E-state index in [1.54, 1.807) is 65.4 Å². The largest absolute Gasteiger partial charge is 0.493 e. The van der Waals surface area contributed by atoms with Crippen molar-refractivity contribution in [2.75, 3.05) is 54.2 Å². The highest BCUT2D eigenvalue weighted by molar-refractivity contribution is 7.07. The van der Waals surface area contributed by atoms with Crippen LogP contribution in [-0.4, -0.2) is 53.9 Å². The van der Waals surface area contributed by atoms with Gasteiger partial charge in [-0.25, -0.2) is 4.99 Å². The number of ether oxygens (including phenoxy) is 6. The van der Waals surface area contributed by atoms with E-state index >= 15 is 0 Å². The predicted octanol–water partition coefficient (Wildman–Crippen LogP) is 1.84. The fraction of sp³-hybridized carbons (Fsp3) is 0.333. The number of hydrogen-bond donors (Lipinski definition) is 0. The van der Waals surface area contributed by atoms with E-state index in [1.165, 1.54) is 11.3 Å². The van der Waals surface area contributed by atoms with E-state index in [2.05, 4.69) is 4.99 Å². The van der Waals surface area contributed by atoms with Gasteiger partial charge in [0.2, 0.25) is 11.5 Å². The second-order valence-corrected chi connectivity index (χ2v) is 8.46. The van der Waals surface area contributed by atoms with Gasteiger partial charge in [-0.15, -0.1) is 0 Å². The van der Waals surface area contributed by atoms with Gasteiger partial charge in [-0.2, -0.15) is 0 Å². The molecule has 0 fully saturated rings. The lowest BCUT2D eigenvalue weighted by atomic mass is 10.1. The topological polar surface area (TPSA) is 93.0 Å². The number of aromatic nitrogens is 1. The van der Waals surface area contributed by atoms with Crippen molar-refractivity contribution in [2.45, 2.75) is 6.67 Å². The summed E-state index contributed by atoms with van der Waals surface area (Å²) in [6.45, 7) is 0.706. The minimum Gasteiger partial charge on any atom is -0.493 e. The summed E-state index contributed by atoms with van der Waals surface area (Å²) in [7, 11) is 9.33. The van der Waals surface area contributed by atoms with Crippen molar-refractivity contribution in [2.24, 2.45) is 4.99 Å².